The van der Waals surface area contributed by atoms with E-state index >= 15 is 0 Å². The van der Waals surface area contributed by atoms with E-state index in [2.05, 4.69) is 5.32 Å². The molecule has 1 N–H and O–H groups in total. The van der Waals surface area contributed by atoms with Gasteiger partial charge in [-0.15, -0.1) is 11.8 Å². The minimum Gasteiger partial charge on any atom is -0.356 e. The highest BCUT2D eigenvalue weighted by Gasteiger charge is 2.31. The Balaban J connectivity index is 1.38. The fraction of sp³-hybridized carbons (Fsp3) is 0.381. The quantitative estimate of drug-likeness (QED) is 0.488. The summed E-state index contributed by atoms with van der Waals surface area (Å²) < 4.78 is 52.5. The van der Waals surface area contributed by atoms with Crippen LogP contribution in [-0.2, 0) is 14.8 Å². The lowest BCUT2D eigenvalue weighted by atomic mass is 9.97. The molecule has 2 aromatic carbocycles. The Bertz CT molecular complexity index is 943. The van der Waals surface area contributed by atoms with Crippen LogP contribution >= 0.6 is 11.8 Å². The second kappa shape index (κ2) is 10.4. The number of piperidine rings is 1. The molecule has 1 saturated heterocycles. The number of nitrogens with one attached hydrogen (secondary N) is 1. The van der Waals surface area contributed by atoms with Crippen molar-refractivity contribution in [3.8, 4) is 0 Å². The molecule has 0 radical (unpaired) electrons. The Morgan fingerprint density at radius 2 is 1.57 bits per heavy atom. The van der Waals surface area contributed by atoms with Gasteiger partial charge in [0, 0.05) is 30.4 Å². The van der Waals surface area contributed by atoms with Crippen molar-refractivity contribution in [2.24, 2.45) is 5.92 Å². The number of amides is 1. The smallest absolute Gasteiger partial charge is 0.243 e. The molecule has 30 heavy (non-hydrogen) atoms. The van der Waals surface area contributed by atoms with Crippen LogP contribution in [0.2, 0.25) is 0 Å². The molecule has 0 bridgehead atoms. The van der Waals surface area contributed by atoms with E-state index in [0.29, 0.717) is 19.4 Å². The molecular formula is C21H24F2N2O3S2. The van der Waals surface area contributed by atoms with Crippen LogP contribution in [0.3, 0.4) is 0 Å². The molecule has 2 aromatic rings. The van der Waals surface area contributed by atoms with Crippen LogP contribution in [0, 0.1) is 17.6 Å². The monoisotopic (exact) mass is 454 g/mol. The molecule has 9 heteroatoms. The van der Waals surface area contributed by atoms with E-state index in [1.54, 1.807) is 23.9 Å². The first-order chi connectivity index (χ1) is 14.4. The van der Waals surface area contributed by atoms with Gasteiger partial charge in [-0.3, -0.25) is 4.79 Å². The molecule has 162 valence electrons. The molecule has 0 aromatic heterocycles. The van der Waals surface area contributed by atoms with Gasteiger partial charge in [-0.1, -0.05) is 0 Å². The van der Waals surface area contributed by atoms with E-state index in [1.165, 1.54) is 28.6 Å². The Morgan fingerprint density at radius 1 is 1.00 bits per heavy atom. The predicted octanol–water partition coefficient (Wildman–Crippen LogP) is 3.66. The van der Waals surface area contributed by atoms with Crippen molar-refractivity contribution in [1.29, 1.82) is 0 Å². The molecule has 0 aliphatic carbocycles. The minimum absolute atomic E-state index is 0.0550. The first-order valence-electron chi connectivity index (χ1n) is 9.78. The Hall–Kier alpha value is -1.97. The maximum atomic E-state index is 13.0. The highest BCUT2D eigenvalue weighted by molar-refractivity contribution is 7.99. The summed E-state index contributed by atoms with van der Waals surface area (Å²) in [5.41, 5.74) is 0. The summed E-state index contributed by atoms with van der Waals surface area (Å²) >= 11 is 1.60. The van der Waals surface area contributed by atoms with Crippen molar-refractivity contribution < 1.29 is 22.0 Å². The molecule has 0 saturated carbocycles. The van der Waals surface area contributed by atoms with E-state index in [-0.39, 0.29) is 35.6 Å². The number of benzene rings is 2. The van der Waals surface area contributed by atoms with Crippen LogP contribution in [0.25, 0.3) is 0 Å². The summed E-state index contributed by atoms with van der Waals surface area (Å²) in [6.07, 6.45) is 1.69. The van der Waals surface area contributed by atoms with Gasteiger partial charge in [-0.25, -0.2) is 17.2 Å². The summed E-state index contributed by atoms with van der Waals surface area (Å²) in [7, 11) is -3.67. The number of rotatable bonds is 8. The number of carbonyl (C=O) groups is 1. The molecule has 1 aliphatic heterocycles. The third-order valence-corrected chi connectivity index (χ3v) is 7.99. The Morgan fingerprint density at radius 3 is 2.17 bits per heavy atom. The van der Waals surface area contributed by atoms with Crippen LogP contribution < -0.4 is 5.32 Å². The lowest BCUT2D eigenvalue weighted by Gasteiger charge is -2.30. The maximum absolute atomic E-state index is 13.0. The average molecular weight is 455 g/mol. The molecule has 3 rings (SSSR count). The van der Waals surface area contributed by atoms with Crippen LogP contribution in [0.5, 0.6) is 0 Å². The van der Waals surface area contributed by atoms with Gasteiger partial charge in [0.25, 0.3) is 0 Å². The third kappa shape index (κ3) is 6.02. The van der Waals surface area contributed by atoms with E-state index in [1.807, 2.05) is 0 Å². The second-order valence-electron chi connectivity index (χ2n) is 7.08. The van der Waals surface area contributed by atoms with E-state index in [4.69, 9.17) is 0 Å². The number of nitrogens with zero attached hydrogens (tertiary/aromatic N) is 1. The molecule has 1 aliphatic rings. The van der Waals surface area contributed by atoms with Crippen molar-refractivity contribution in [1.82, 2.24) is 9.62 Å². The second-order valence-corrected chi connectivity index (χ2v) is 10.2. The number of carbonyl (C=O) groups excluding carboxylic acids is 1. The zero-order valence-corrected chi connectivity index (χ0v) is 18.0. The van der Waals surface area contributed by atoms with E-state index < -0.39 is 15.8 Å². The SMILES string of the molecule is O=C(NCCCSc1ccc(F)cc1)C1CCN(S(=O)(=O)c2ccc(F)cc2)CC1. The van der Waals surface area contributed by atoms with Gasteiger partial charge < -0.3 is 5.32 Å². The number of hydrogen-bond acceptors (Lipinski definition) is 4. The first-order valence-corrected chi connectivity index (χ1v) is 12.2. The summed E-state index contributed by atoms with van der Waals surface area (Å²) in [5.74, 6) is -0.209. The van der Waals surface area contributed by atoms with E-state index in [9.17, 15) is 22.0 Å². The zero-order valence-electron chi connectivity index (χ0n) is 16.4. The number of sulfonamides is 1. The van der Waals surface area contributed by atoms with Gasteiger partial charge in [-0.05, 0) is 73.5 Å². The maximum Gasteiger partial charge on any atom is 0.243 e. The molecule has 0 spiro atoms. The van der Waals surface area contributed by atoms with Crippen LogP contribution in [0.4, 0.5) is 8.78 Å². The van der Waals surface area contributed by atoms with Crippen molar-refractivity contribution >= 4 is 27.7 Å². The summed E-state index contributed by atoms with van der Waals surface area (Å²) in [5, 5.41) is 2.92. The van der Waals surface area contributed by atoms with Gasteiger partial charge in [-0.2, -0.15) is 4.31 Å². The minimum atomic E-state index is -3.67. The van der Waals surface area contributed by atoms with Gasteiger partial charge in [0.1, 0.15) is 11.6 Å². The highest BCUT2D eigenvalue weighted by Crippen LogP contribution is 2.24. The molecule has 1 amide bonds. The van der Waals surface area contributed by atoms with Crippen molar-refractivity contribution in [3.63, 3.8) is 0 Å². The van der Waals surface area contributed by atoms with Crippen LogP contribution in [-0.4, -0.2) is 44.0 Å². The normalized spacial score (nSPS) is 15.8. The van der Waals surface area contributed by atoms with Gasteiger partial charge in [0.2, 0.25) is 15.9 Å². The van der Waals surface area contributed by atoms with E-state index in [0.717, 1.165) is 29.2 Å². The average Bonchev–Trinajstić information content (AvgIpc) is 2.75. The molecule has 0 atom stereocenters. The van der Waals surface area contributed by atoms with Gasteiger partial charge in [0.15, 0.2) is 0 Å². The van der Waals surface area contributed by atoms with Crippen molar-refractivity contribution in [2.75, 3.05) is 25.4 Å². The summed E-state index contributed by atoms with van der Waals surface area (Å²) in [6.45, 7) is 1.07. The molecule has 1 fully saturated rings. The fourth-order valence-electron chi connectivity index (χ4n) is 3.26. The van der Waals surface area contributed by atoms with Crippen molar-refractivity contribution in [3.05, 3.63) is 60.2 Å². The standard InChI is InChI=1S/C21H24F2N2O3S2/c22-17-2-6-19(7-3-17)29-15-1-12-24-21(26)16-10-13-25(14-11-16)30(27,28)20-8-4-18(23)5-9-20/h2-9,16H,1,10-15H2,(H,24,26). The fourth-order valence-corrected chi connectivity index (χ4v) is 5.59. The highest BCUT2D eigenvalue weighted by atomic mass is 32.2. The van der Waals surface area contributed by atoms with Crippen LogP contribution in [0.1, 0.15) is 19.3 Å². The Kier molecular flexibility index (Phi) is 7.85. The number of halogens is 2. The molecular weight excluding hydrogens is 430 g/mol. The largest absolute Gasteiger partial charge is 0.356 e. The van der Waals surface area contributed by atoms with Crippen molar-refractivity contribution in [2.45, 2.75) is 29.1 Å². The lowest BCUT2D eigenvalue weighted by Crippen LogP contribution is -2.43. The Labute approximate surface area is 179 Å². The summed E-state index contributed by atoms with van der Waals surface area (Å²) in [6, 6.07) is 11.1. The summed E-state index contributed by atoms with van der Waals surface area (Å²) in [4.78, 5) is 13.4. The third-order valence-electron chi connectivity index (χ3n) is 4.98. The predicted molar refractivity (Wildman–Crippen MR) is 113 cm³/mol. The zero-order chi connectivity index (χ0) is 21.6. The lowest BCUT2D eigenvalue weighted by molar-refractivity contribution is -0.126. The van der Waals surface area contributed by atoms with Crippen LogP contribution in [0.15, 0.2) is 58.3 Å². The number of thioether (sulfide) groups is 1. The molecule has 0 unspecified atom stereocenters. The first kappa shape index (κ1) is 22.7. The molecule has 5 nitrogen and oxygen atoms in total. The number of hydrogen-bond donors (Lipinski definition) is 1. The van der Waals surface area contributed by atoms with Gasteiger partial charge in [0.05, 0.1) is 4.90 Å². The van der Waals surface area contributed by atoms with Gasteiger partial charge >= 0.3 is 0 Å². The molecule has 1 heterocycles. The topological polar surface area (TPSA) is 66.5 Å².